The van der Waals surface area contributed by atoms with Gasteiger partial charge in [-0.05, 0) is 31.0 Å². The summed E-state index contributed by atoms with van der Waals surface area (Å²) < 4.78 is 1.69. The summed E-state index contributed by atoms with van der Waals surface area (Å²) in [6, 6.07) is 7.02. The Morgan fingerprint density at radius 2 is 1.83 bits per heavy atom. The highest BCUT2D eigenvalue weighted by Gasteiger charge is 2.25. The van der Waals surface area contributed by atoms with E-state index in [1.165, 1.54) is 31.6 Å². The first kappa shape index (κ1) is 14.8. The zero-order valence-corrected chi connectivity index (χ0v) is 13.7. The van der Waals surface area contributed by atoms with E-state index in [2.05, 4.69) is 32.2 Å². The molecule has 0 amide bonds. The third-order valence-electron chi connectivity index (χ3n) is 5.39. The van der Waals surface area contributed by atoms with E-state index in [1.807, 2.05) is 13.1 Å². The first-order valence-corrected chi connectivity index (χ1v) is 8.61. The van der Waals surface area contributed by atoms with Gasteiger partial charge in [-0.3, -0.25) is 9.47 Å². The van der Waals surface area contributed by atoms with Crippen LogP contribution in [0, 0.1) is 0 Å². The van der Waals surface area contributed by atoms with Crippen molar-refractivity contribution in [2.45, 2.75) is 18.9 Å². The number of benzene rings is 1. The van der Waals surface area contributed by atoms with E-state index in [9.17, 15) is 4.79 Å². The molecular weight excluding hydrogens is 290 g/mol. The van der Waals surface area contributed by atoms with Crippen molar-refractivity contribution in [1.82, 2.24) is 19.8 Å². The summed E-state index contributed by atoms with van der Waals surface area (Å²) in [6.07, 6.45) is 2.45. The predicted octanol–water partition coefficient (Wildman–Crippen LogP) is 0.741. The zero-order valence-electron chi connectivity index (χ0n) is 13.7. The van der Waals surface area contributed by atoms with Crippen molar-refractivity contribution in [2.75, 3.05) is 44.2 Å². The number of anilines is 1. The third kappa shape index (κ3) is 2.77. The van der Waals surface area contributed by atoms with Crippen molar-refractivity contribution in [2.24, 2.45) is 7.05 Å². The third-order valence-corrected chi connectivity index (χ3v) is 5.39. The maximum absolute atomic E-state index is 11.7. The lowest BCUT2D eigenvalue weighted by atomic mass is 10.0. The van der Waals surface area contributed by atoms with Gasteiger partial charge in [0.2, 0.25) is 0 Å². The molecule has 1 aromatic heterocycles. The molecule has 0 saturated carbocycles. The van der Waals surface area contributed by atoms with Gasteiger partial charge >= 0.3 is 5.69 Å². The van der Waals surface area contributed by atoms with Crippen molar-refractivity contribution < 1.29 is 0 Å². The number of piperazine rings is 1. The number of nitrogens with one attached hydrogen (secondary N) is 2. The molecule has 0 aliphatic carbocycles. The van der Waals surface area contributed by atoms with Crippen LogP contribution < -0.4 is 15.9 Å². The van der Waals surface area contributed by atoms with Crippen molar-refractivity contribution in [1.29, 1.82) is 0 Å². The highest BCUT2D eigenvalue weighted by molar-refractivity contribution is 5.79. The number of rotatable bonds is 2. The molecule has 2 fully saturated rings. The van der Waals surface area contributed by atoms with Gasteiger partial charge in [-0.25, -0.2) is 4.79 Å². The van der Waals surface area contributed by atoms with Gasteiger partial charge < -0.3 is 15.2 Å². The van der Waals surface area contributed by atoms with Gasteiger partial charge in [-0.15, -0.1) is 0 Å². The minimum atomic E-state index is -0.0467. The van der Waals surface area contributed by atoms with Crippen LogP contribution in [-0.4, -0.2) is 59.8 Å². The van der Waals surface area contributed by atoms with E-state index in [0.29, 0.717) is 0 Å². The number of fused-ring (bicyclic) bond motifs is 1. The molecule has 0 radical (unpaired) electrons. The standard InChI is InChI=1S/C17H25N5O/c1-20-16-12-14(2-3-15(16)19-17(20)23)21-8-4-13(5-9-21)22-10-6-18-7-11-22/h2-3,12-13,18H,4-11H2,1H3,(H,19,23). The topological polar surface area (TPSA) is 56.3 Å². The summed E-state index contributed by atoms with van der Waals surface area (Å²) in [4.78, 5) is 19.7. The molecule has 6 heteroatoms. The van der Waals surface area contributed by atoms with E-state index < -0.39 is 0 Å². The number of aromatic amines is 1. The number of hydrogen-bond acceptors (Lipinski definition) is 4. The van der Waals surface area contributed by atoms with Crippen LogP contribution in [0.25, 0.3) is 11.0 Å². The van der Waals surface area contributed by atoms with Crippen molar-refractivity contribution in [3.8, 4) is 0 Å². The van der Waals surface area contributed by atoms with Crippen molar-refractivity contribution in [3.63, 3.8) is 0 Å². The number of hydrogen-bond donors (Lipinski definition) is 2. The van der Waals surface area contributed by atoms with Crippen LogP contribution in [0.15, 0.2) is 23.0 Å². The molecule has 2 aliphatic heterocycles. The van der Waals surface area contributed by atoms with Gasteiger partial charge in [0.15, 0.2) is 0 Å². The molecule has 23 heavy (non-hydrogen) atoms. The second-order valence-electron chi connectivity index (χ2n) is 6.69. The molecule has 3 heterocycles. The minimum Gasteiger partial charge on any atom is -0.371 e. The molecular formula is C17H25N5O. The molecule has 2 N–H and O–H groups in total. The normalized spacial score (nSPS) is 21.2. The summed E-state index contributed by atoms with van der Waals surface area (Å²) in [5, 5.41) is 3.43. The van der Waals surface area contributed by atoms with Crippen molar-refractivity contribution in [3.05, 3.63) is 28.7 Å². The van der Waals surface area contributed by atoms with Gasteiger partial charge in [0.25, 0.3) is 0 Å². The molecule has 6 nitrogen and oxygen atoms in total. The molecule has 0 unspecified atom stereocenters. The van der Waals surface area contributed by atoms with Crippen LogP contribution >= 0.6 is 0 Å². The second-order valence-corrected chi connectivity index (χ2v) is 6.69. The highest BCUT2D eigenvalue weighted by atomic mass is 16.1. The Morgan fingerprint density at radius 1 is 1.09 bits per heavy atom. The van der Waals surface area contributed by atoms with Crippen LogP contribution in [0.5, 0.6) is 0 Å². The summed E-state index contributed by atoms with van der Waals surface area (Å²) in [5.41, 5.74) is 3.08. The Labute approximate surface area is 136 Å². The number of piperidine rings is 1. The van der Waals surface area contributed by atoms with Crippen molar-refractivity contribution >= 4 is 16.7 Å². The van der Waals surface area contributed by atoms with E-state index in [4.69, 9.17) is 0 Å². The van der Waals surface area contributed by atoms with Gasteiger partial charge in [0.05, 0.1) is 11.0 Å². The Balaban J connectivity index is 1.47. The number of imidazole rings is 1. The number of aryl methyl sites for hydroxylation is 1. The van der Waals surface area contributed by atoms with Crippen LogP contribution in [0.3, 0.4) is 0 Å². The van der Waals surface area contributed by atoms with Crippen LogP contribution in [0.1, 0.15) is 12.8 Å². The zero-order chi connectivity index (χ0) is 15.8. The first-order chi connectivity index (χ1) is 11.2. The average Bonchev–Trinajstić information content (AvgIpc) is 2.90. The molecule has 2 saturated heterocycles. The Bertz CT molecular complexity index is 735. The van der Waals surface area contributed by atoms with E-state index >= 15 is 0 Å². The van der Waals surface area contributed by atoms with Gasteiger partial charge in [0, 0.05) is 58.0 Å². The Morgan fingerprint density at radius 3 is 2.57 bits per heavy atom. The maximum Gasteiger partial charge on any atom is 0.326 e. The smallest absolute Gasteiger partial charge is 0.326 e. The lowest BCUT2D eigenvalue weighted by Crippen LogP contribution is -2.52. The molecule has 2 aromatic rings. The highest BCUT2D eigenvalue weighted by Crippen LogP contribution is 2.25. The summed E-state index contributed by atoms with van der Waals surface area (Å²) in [6.45, 7) is 6.80. The average molecular weight is 315 g/mol. The number of H-pyrrole nitrogens is 1. The fourth-order valence-electron chi connectivity index (χ4n) is 3.94. The fourth-order valence-corrected chi connectivity index (χ4v) is 3.94. The van der Waals surface area contributed by atoms with Crippen LogP contribution in [0.2, 0.25) is 0 Å². The molecule has 1 aromatic carbocycles. The van der Waals surface area contributed by atoms with Crippen LogP contribution in [-0.2, 0) is 7.05 Å². The molecule has 0 bridgehead atoms. The summed E-state index contributed by atoms with van der Waals surface area (Å²) >= 11 is 0. The lowest BCUT2D eigenvalue weighted by molar-refractivity contribution is 0.150. The van der Waals surface area contributed by atoms with E-state index in [1.54, 1.807) is 4.57 Å². The van der Waals surface area contributed by atoms with Gasteiger partial charge in [0.1, 0.15) is 0 Å². The quantitative estimate of drug-likeness (QED) is 0.858. The number of nitrogens with zero attached hydrogens (tertiary/aromatic N) is 3. The SMILES string of the molecule is Cn1c(=O)[nH]c2ccc(N3CCC(N4CCNCC4)CC3)cc21. The monoisotopic (exact) mass is 315 g/mol. The Kier molecular flexibility index (Phi) is 3.87. The lowest BCUT2D eigenvalue weighted by Gasteiger charge is -2.41. The fraction of sp³-hybridized carbons (Fsp3) is 0.588. The summed E-state index contributed by atoms with van der Waals surface area (Å²) in [5.74, 6) is 0. The van der Waals surface area contributed by atoms with Gasteiger partial charge in [-0.2, -0.15) is 0 Å². The van der Waals surface area contributed by atoms with E-state index in [-0.39, 0.29) is 5.69 Å². The van der Waals surface area contributed by atoms with Crippen LogP contribution in [0.4, 0.5) is 5.69 Å². The molecule has 4 rings (SSSR count). The maximum atomic E-state index is 11.7. The molecule has 2 aliphatic rings. The Hall–Kier alpha value is -1.79. The number of aromatic nitrogens is 2. The molecule has 124 valence electrons. The predicted molar refractivity (Wildman–Crippen MR) is 93.2 cm³/mol. The minimum absolute atomic E-state index is 0.0467. The van der Waals surface area contributed by atoms with E-state index in [0.717, 1.165) is 43.3 Å². The summed E-state index contributed by atoms with van der Waals surface area (Å²) in [7, 11) is 1.82. The second kappa shape index (κ2) is 6.02. The molecule has 0 spiro atoms. The molecule has 0 atom stereocenters. The first-order valence-electron chi connectivity index (χ1n) is 8.61. The van der Waals surface area contributed by atoms with Gasteiger partial charge in [-0.1, -0.05) is 0 Å². The largest absolute Gasteiger partial charge is 0.371 e.